The number of nitrogens with zero attached hydrogens (tertiary/aromatic N) is 4. The fourth-order valence-corrected chi connectivity index (χ4v) is 6.10. The molecular weight excluding hydrogens is 618 g/mol. The molecule has 0 radical (unpaired) electrons. The highest BCUT2D eigenvalue weighted by Gasteiger charge is 2.22. The van der Waals surface area contributed by atoms with E-state index in [1.165, 1.54) is 6.92 Å². The lowest BCUT2D eigenvalue weighted by molar-refractivity contribution is -0.117. The van der Waals surface area contributed by atoms with E-state index >= 15 is 0 Å². The van der Waals surface area contributed by atoms with Gasteiger partial charge < -0.3 is 34.5 Å². The summed E-state index contributed by atoms with van der Waals surface area (Å²) in [4.78, 5) is 40.2. The van der Waals surface area contributed by atoms with Crippen molar-refractivity contribution in [1.82, 2.24) is 9.47 Å². The van der Waals surface area contributed by atoms with Gasteiger partial charge in [-0.05, 0) is 72.5 Å². The van der Waals surface area contributed by atoms with E-state index in [0.717, 1.165) is 90.2 Å². The SMILES string of the molecule is C=CCc1ccc(N(C)C(C)=O)cc1OC.COc1cc(N(C)C(C)=O)ccc1CCN1CCC(n2ccc3ccc(C(N)=O)cc32)CC1. The second-order valence-corrected chi connectivity index (χ2v) is 12.3. The molecule has 260 valence electrons. The van der Waals surface area contributed by atoms with E-state index in [1.54, 1.807) is 51.1 Å². The van der Waals surface area contributed by atoms with E-state index in [-0.39, 0.29) is 11.8 Å². The number of likely N-dealkylation sites (tertiary alicyclic amines) is 1. The number of fused-ring (bicyclic) bond motifs is 1. The van der Waals surface area contributed by atoms with Gasteiger partial charge in [0.25, 0.3) is 0 Å². The Hall–Kier alpha value is -5.09. The molecule has 1 fully saturated rings. The molecule has 10 heteroatoms. The van der Waals surface area contributed by atoms with E-state index in [0.29, 0.717) is 11.6 Å². The highest BCUT2D eigenvalue weighted by Crippen LogP contribution is 2.30. The molecule has 0 saturated carbocycles. The van der Waals surface area contributed by atoms with Crippen molar-refractivity contribution < 1.29 is 23.9 Å². The second-order valence-electron chi connectivity index (χ2n) is 12.3. The minimum absolute atomic E-state index is 0.00137. The molecule has 1 aliphatic rings. The quantitative estimate of drug-likeness (QED) is 0.196. The van der Waals surface area contributed by atoms with Crippen molar-refractivity contribution in [3.63, 3.8) is 0 Å². The maximum Gasteiger partial charge on any atom is 0.248 e. The third-order valence-electron chi connectivity index (χ3n) is 9.28. The van der Waals surface area contributed by atoms with Gasteiger partial charge in [0.2, 0.25) is 17.7 Å². The Morgan fingerprint density at radius 2 is 1.43 bits per heavy atom. The van der Waals surface area contributed by atoms with Gasteiger partial charge in [-0.3, -0.25) is 14.4 Å². The lowest BCUT2D eigenvalue weighted by Gasteiger charge is -2.33. The van der Waals surface area contributed by atoms with Crippen LogP contribution >= 0.6 is 0 Å². The topological polar surface area (TPSA) is 110 Å². The first-order chi connectivity index (χ1) is 23.5. The Morgan fingerprint density at radius 3 is 1.96 bits per heavy atom. The largest absolute Gasteiger partial charge is 0.496 e. The number of amides is 3. The van der Waals surface area contributed by atoms with Crippen LogP contribution in [-0.4, -0.2) is 75.1 Å². The fraction of sp³-hybridized carbons (Fsp3) is 0.359. The van der Waals surface area contributed by atoms with E-state index in [4.69, 9.17) is 15.2 Å². The summed E-state index contributed by atoms with van der Waals surface area (Å²) in [5.74, 6) is 1.20. The highest BCUT2D eigenvalue weighted by molar-refractivity contribution is 5.97. The maximum atomic E-state index is 11.6. The molecule has 10 nitrogen and oxygen atoms in total. The normalized spacial score (nSPS) is 13.3. The summed E-state index contributed by atoms with van der Waals surface area (Å²) in [6.07, 6.45) is 7.72. The van der Waals surface area contributed by atoms with Crippen molar-refractivity contribution in [1.29, 1.82) is 0 Å². The molecule has 3 aromatic carbocycles. The van der Waals surface area contributed by atoms with Crippen LogP contribution in [0.2, 0.25) is 0 Å². The molecular formula is C39H49N5O5. The number of benzene rings is 3. The number of nitrogens with two attached hydrogens (primary N) is 1. The van der Waals surface area contributed by atoms with E-state index in [2.05, 4.69) is 34.4 Å². The number of rotatable bonds is 11. The van der Waals surface area contributed by atoms with Gasteiger partial charge >= 0.3 is 0 Å². The summed E-state index contributed by atoms with van der Waals surface area (Å²) < 4.78 is 13.2. The fourth-order valence-electron chi connectivity index (χ4n) is 6.10. The monoisotopic (exact) mass is 667 g/mol. The standard InChI is InChI=1S/C26H32N4O3.C13H17NO2/c1-18(31)28(2)23-7-6-20(25(17-23)33-3)8-12-29-13-10-22(11-14-29)30-15-9-19-4-5-21(26(27)32)16-24(19)30;1-5-6-11-7-8-12(9-13(11)16-4)14(3)10(2)15/h4-7,9,15-17,22H,8,10-14H2,1-3H3,(H2,27,32);5,7-9H,1,6H2,2-4H3. The Balaban J connectivity index is 0.000000284. The van der Waals surface area contributed by atoms with Crippen molar-refractivity contribution in [3.05, 3.63) is 96.2 Å². The maximum absolute atomic E-state index is 11.6. The van der Waals surface area contributed by atoms with Gasteiger partial charge in [0.15, 0.2) is 0 Å². The molecule has 0 aliphatic carbocycles. The summed E-state index contributed by atoms with van der Waals surface area (Å²) >= 11 is 0. The third-order valence-corrected chi connectivity index (χ3v) is 9.28. The number of ether oxygens (including phenoxy) is 2. The van der Waals surface area contributed by atoms with Gasteiger partial charge in [0.1, 0.15) is 11.5 Å². The minimum Gasteiger partial charge on any atom is -0.496 e. The molecule has 1 aromatic heterocycles. The molecule has 49 heavy (non-hydrogen) atoms. The Bertz CT molecular complexity index is 1790. The van der Waals surface area contributed by atoms with E-state index in [9.17, 15) is 14.4 Å². The van der Waals surface area contributed by atoms with Crippen LogP contribution in [0, 0.1) is 0 Å². The van der Waals surface area contributed by atoms with Gasteiger partial charge in [-0.1, -0.05) is 24.3 Å². The van der Waals surface area contributed by atoms with Gasteiger partial charge in [0, 0.05) is 94.4 Å². The summed E-state index contributed by atoms with van der Waals surface area (Å²) in [5, 5.41) is 1.13. The van der Waals surface area contributed by atoms with Crippen LogP contribution in [0.4, 0.5) is 11.4 Å². The molecule has 5 rings (SSSR count). The van der Waals surface area contributed by atoms with Gasteiger partial charge in [-0.15, -0.1) is 6.58 Å². The summed E-state index contributed by atoms with van der Waals surface area (Å²) in [6, 6.07) is 19.9. The zero-order chi connectivity index (χ0) is 35.7. The molecule has 2 heterocycles. The van der Waals surface area contributed by atoms with Crippen LogP contribution in [0.15, 0.2) is 79.5 Å². The number of methoxy groups -OCH3 is 2. The lowest BCUT2D eigenvalue weighted by atomic mass is 10.0. The molecule has 0 spiro atoms. The summed E-state index contributed by atoms with van der Waals surface area (Å²) in [6.45, 7) is 9.79. The Morgan fingerprint density at radius 1 is 0.857 bits per heavy atom. The van der Waals surface area contributed by atoms with Crippen LogP contribution in [-0.2, 0) is 22.4 Å². The number of carbonyl (C=O) groups excluding carboxylic acids is 3. The average molecular weight is 668 g/mol. The molecule has 0 bridgehead atoms. The molecule has 0 unspecified atom stereocenters. The number of hydrogen-bond acceptors (Lipinski definition) is 6. The number of hydrogen-bond donors (Lipinski definition) is 1. The first-order valence-corrected chi connectivity index (χ1v) is 16.5. The van der Waals surface area contributed by atoms with Crippen LogP contribution < -0.4 is 25.0 Å². The molecule has 4 aromatic rings. The number of aromatic nitrogens is 1. The number of primary amides is 1. The lowest BCUT2D eigenvalue weighted by Crippen LogP contribution is -2.35. The summed E-state index contributed by atoms with van der Waals surface area (Å²) in [5.41, 5.74) is 11.0. The average Bonchev–Trinajstić information content (AvgIpc) is 3.54. The molecule has 0 atom stereocenters. The van der Waals surface area contributed by atoms with Crippen molar-refractivity contribution in [2.45, 2.75) is 45.6 Å². The predicted octanol–water partition coefficient (Wildman–Crippen LogP) is 6.02. The number of carbonyl (C=O) groups is 3. The molecule has 1 aliphatic heterocycles. The first kappa shape index (κ1) is 36.7. The minimum atomic E-state index is -0.393. The molecule has 3 amide bonds. The van der Waals surface area contributed by atoms with Crippen LogP contribution in [0.1, 0.15) is 54.2 Å². The second kappa shape index (κ2) is 16.8. The van der Waals surface area contributed by atoms with E-state index < -0.39 is 5.91 Å². The number of allylic oxidation sites excluding steroid dienone is 1. The van der Waals surface area contributed by atoms with Crippen LogP contribution in [0.3, 0.4) is 0 Å². The van der Waals surface area contributed by atoms with Gasteiger partial charge in [-0.2, -0.15) is 0 Å². The number of anilines is 2. The number of piperidine rings is 1. The van der Waals surface area contributed by atoms with Gasteiger partial charge in [-0.25, -0.2) is 0 Å². The van der Waals surface area contributed by atoms with Crippen molar-refractivity contribution >= 4 is 40.0 Å². The Labute approximate surface area is 289 Å². The van der Waals surface area contributed by atoms with Crippen molar-refractivity contribution in [3.8, 4) is 11.5 Å². The third kappa shape index (κ3) is 9.08. The van der Waals surface area contributed by atoms with E-state index in [1.807, 2.05) is 48.5 Å². The summed E-state index contributed by atoms with van der Waals surface area (Å²) in [7, 11) is 6.81. The van der Waals surface area contributed by atoms with Crippen LogP contribution in [0.5, 0.6) is 11.5 Å². The predicted molar refractivity (Wildman–Crippen MR) is 197 cm³/mol. The highest BCUT2D eigenvalue weighted by atomic mass is 16.5. The van der Waals surface area contributed by atoms with Crippen LogP contribution in [0.25, 0.3) is 10.9 Å². The smallest absolute Gasteiger partial charge is 0.248 e. The first-order valence-electron chi connectivity index (χ1n) is 16.5. The molecule has 1 saturated heterocycles. The Kier molecular flexibility index (Phi) is 12.6. The zero-order valence-corrected chi connectivity index (χ0v) is 29.6. The van der Waals surface area contributed by atoms with Crippen molar-refractivity contribution in [2.75, 3.05) is 57.7 Å². The molecule has 2 N–H and O–H groups in total. The zero-order valence-electron chi connectivity index (χ0n) is 29.6. The van der Waals surface area contributed by atoms with Crippen molar-refractivity contribution in [2.24, 2.45) is 5.73 Å². The van der Waals surface area contributed by atoms with Gasteiger partial charge in [0.05, 0.1) is 14.2 Å².